The second-order valence-electron chi connectivity index (χ2n) is 5.14. The van der Waals surface area contributed by atoms with Crippen LogP contribution in [-0.4, -0.2) is 18.1 Å². The van der Waals surface area contributed by atoms with Gasteiger partial charge in [-0.2, -0.15) is 0 Å². The summed E-state index contributed by atoms with van der Waals surface area (Å²) in [6.45, 7) is 1.84. The Labute approximate surface area is 137 Å². The summed E-state index contributed by atoms with van der Waals surface area (Å²) < 4.78 is 19.1. The number of hydrogen-bond acceptors (Lipinski definition) is 3. The lowest BCUT2D eigenvalue weighted by atomic mass is 9.97. The van der Waals surface area contributed by atoms with Gasteiger partial charge in [-0.25, -0.2) is 9.18 Å². The number of carbonyl (C=O) groups excluding carboxylic acids is 1. The Kier molecular flexibility index (Phi) is 4.01. The second-order valence-corrected chi connectivity index (χ2v) is 5.54. The number of hydrogen-bond donors (Lipinski definition) is 0. The smallest absolute Gasteiger partial charge is 0.337 e. The Morgan fingerprint density at radius 2 is 2.04 bits per heavy atom. The maximum Gasteiger partial charge on any atom is 0.337 e. The molecule has 0 amide bonds. The van der Waals surface area contributed by atoms with E-state index in [1.54, 1.807) is 36.5 Å². The number of fused-ring (bicyclic) bond motifs is 1. The lowest BCUT2D eigenvalue weighted by Crippen LogP contribution is -2.02. The fourth-order valence-electron chi connectivity index (χ4n) is 2.64. The van der Waals surface area contributed by atoms with E-state index in [0.29, 0.717) is 32.6 Å². The Balaban J connectivity index is 2.38. The van der Waals surface area contributed by atoms with Crippen molar-refractivity contribution in [1.82, 2.24) is 4.98 Å². The van der Waals surface area contributed by atoms with E-state index >= 15 is 0 Å². The number of aromatic nitrogens is 1. The van der Waals surface area contributed by atoms with Crippen LogP contribution < -0.4 is 0 Å². The first-order valence-electron chi connectivity index (χ1n) is 6.95. The van der Waals surface area contributed by atoms with Gasteiger partial charge in [-0.15, -0.1) is 0 Å². The number of nitrogens with zero attached hydrogens (tertiary/aromatic N) is 1. The zero-order valence-electron chi connectivity index (χ0n) is 12.6. The Morgan fingerprint density at radius 3 is 2.74 bits per heavy atom. The number of esters is 1. The maximum atomic E-state index is 14.3. The van der Waals surface area contributed by atoms with Gasteiger partial charge in [0.15, 0.2) is 0 Å². The summed E-state index contributed by atoms with van der Waals surface area (Å²) in [5, 5.41) is 0.957. The minimum atomic E-state index is -0.454. The summed E-state index contributed by atoms with van der Waals surface area (Å²) in [5.74, 6) is -0.879. The monoisotopic (exact) mass is 329 g/mol. The van der Waals surface area contributed by atoms with Crippen molar-refractivity contribution >= 4 is 28.5 Å². The number of carbonyl (C=O) groups is 1. The molecule has 0 unspecified atom stereocenters. The first kappa shape index (κ1) is 15.4. The molecule has 0 spiro atoms. The topological polar surface area (TPSA) is 39.2 Å². The molecule has 1 heterocycles. The first-order valence-corrected chi connectivity index (χ1v) is 7.32. The van der Waals surface area contributed by atoms with Crippen molar-refractivity contribution in [3.8, 4) is 11.1 Å². The lowest BCUT2D eigenvalue weighted by molar-refractivity contribution is 0.0601. The van der Waals surface area contributed by atoms with Crippen molar-refractivity contribution in [2.75, 3.05) is 7.11 Å². The van der Waals surface area contributed by atoms with Crippen molar-refractivity contribution in [3.05, 3.63) is 64.6 Å². The van der Waals surface area contributed by atoms with E-state index in [9.17, 15) is 9.18 Å². The average molecular weight is 330 g/mol. The number of halogens is 2. The zero-order chi connectivity index (χ0) is 16.6. The molecule has 0 saturated carbocycles. The molecule has 116 valence electrons. The number of aryl methyl sites for hydroxylation is 1. The van der Waals surface area contributed by atoms with E-state index < -0.39 is 11.8 Å². The Hall–Kier alpha value is -2.46. The fourth-order valence-corrected chi connectivity index (χ4v) is 2.91. The van der Waals surface area contributed by atoms with E-state index in [2.05, 4.69) is 4.98 Å². The molecule has 3 rings (SSSR count). The number of benzene rings is 2. The summed E-state index contributed by atoms with van der Waals surface area (Å²) >= 11 is 6.18. The number of ether oxygens (including phenoxy) is 1. The molecule has 0 saturated heterocycles. The van der Waals surface area contributed by atoms with Gasteiger partial charge in [-0.3, -0.25) is 4.98 Å². The van der Waals surface area contributed by atoms with Crippen LogP contribution >= 0.6 is 11.6 Å². The van der Waals surface area contributed by atoms with Gasteiger partial charge in [0.05, 0.1) is 23.2 Å². The predicted octanol–water partition coefficient (Wildman–Crippen LogP) is 4.79. The standard InChI is InChI=1S/C18H13ClFNO2/c1-10-8-11(18(22)23-2)9-13-12(6-7-21-17(10)13)16-14(19)4-3-5-15(16)20/h3-9H,1-2H3. The van der Waals surface area contributed by atoms with Gasteiger partial charge in [0.25, 0.3) is 0 Å². The minimum Gasteiger partial charge on any atom is -0.465 e. The molecule has 0 aliphatic heterocycles. The van der Waals surface area contributed by atoms with Gasteiger partial charge in [0.2, 0.25) is 0 Å². The minimum absolute atomic E-state index is 0.294. The Bertz CT molecular complexity index is 904. The van der Waals surface area contributed by atoms with Crippen LogP contribution in [0.5, 0.6) is 0 Å². The fraction of sp³-hybridized carbons (Fsp3) is 0.111. The SMILES string of the molecule is COC(=O)c1cc(C)c2nccc(-c3c(F)cccc3Cl)c2c1. The van der Waals surface area contributed by atoms with Crippen LogP contribution in [0.2, 0.25) is 5.02 Å². The van der Waals surface area contributed by atoms with Crippen molar-refractivity contribution in [2.45, 2.75) is 6.92 Å². The van der Waals surface area contributed by atoms with Crippen LogP contribution in [0.15, 0.2) is 42.6 Å². The molecule has 0 bridgehead atoms. The third-order valence-corrected chi connectivity index (χ3v) is 4.00. The van der Waals surface area contributed by atoms with Crippen molar-refractivity contribution in [1.29, 1.82) is 0 Å². The predicted molar refractivity (Wildman–Crippen MR) is 88.2 cm³/mol. The highest BCUT2D eigenvalue weighted by Gasteiger charge is 2.16. The third kappa shape index (κ3) is 2.66. The Morgan fingerprint density at radius 1 is 1.26 bits per heavy atom. The number of pyridine rings is 1. The third-order valence-electron chi connectivity index (χ3n) is 3.69. The molecule has 1 aromatic heterocycles. The van der Waals surface area contributed by atoms with Gasteiger partial charge >= 0.3 is 5.97 Å². The van der Waals surface area contributed by atoms with Crippen LogP contribution in [-0.2, 0) is 4.74 Å². The van der Waals surface area contributed by atoms with E-state index in [4.69, 9.17) is 16.3 Å². The van der Waals surface area contributed by atoms with Crippen molar-refractivity contribution in [3.63, 3.8) is 0 Å². The lowest BCUT2D eigenvalue weighted by Gasteiger charge is -2.12. The molecule has 0 atom stereocenters. The second kappa shape index (κ2) is 5.97. The highest BCUT2D eigenvalue weighted by molar-refractivity contribution is 6.33. The van der Waals surface area contributed by atoms with Crippen molar-refractivity contribution in [2.24, 2.45) is 0 Å². The number of methoxy groups -OCH3 is 1. The largest absolute Gasteiger partial charge is 0.465 e. The molecule has 5 heteroatoms. The molecule has 3 aromatic rings. The van der Waals surface area contributed by atoms with Gasteiger partial charge in [-0.1, -0.05) is 17.7 Å². The maximum absolute atomic E-state index is 14.3. The summed E-state index contributed by atoms with van der Waals surface area (Å²) in [5.41, 5.74) is 2.76. The molecular formula is C18H13ClFNO2. The molecule has 2 aromatic carbocycles. The van der Waals surface area contributed by atoms with E-state index in [1.165, 1.54) is 13.2 Å². The summed E-state index contributed by atoms with van der Waals surface area (Å²) in [7, 11) is 1.32. The summed E-state index contributed by atoms with van der Waals surface area (Å²) in [6, 6.07) is 9.57. The van der Waals surface area contributed by atoms with Crippen molar-refractivity contribution < 1.29 is 13.9 Å². The zero-order valence-corrected chi connectivity index (χ0v) is 13.3. The molecule has 0 aliphatic carbocycles. The quantitative estimate of drug-likeness (QED) is 0.634. The molecule has 0 aliphatic rings. The van der Waals surface area contributed by atoms with Crippen LogP contribution in [0, 0.1) is 12.7 Å². The normalized spacial score (nSPS) is 10.8. The molecule has 3 nitrogen and oxygen atoms in total. The first-order chi connectivity index (χ1) is 11.0. The van der Waals surface area contributed by atoms with Gasteiger partial charge in [0.1, 0.15) is 5.82 Å². The highest BCUT2D eigenvalue weighted by atomic mass is 35.5. The molecule has 0 radical (unpaired) electrons. The van der Waals surface area contributed by atoms with Crippen LogP contribution in [0.3, 0.4) is 0 Å². The molecular weight excluding hydrogens is 317 g/mol. The van der Waals surface area contributed by atoms with Crippen LogP contribution in [0.1, 0.15) is 15.9 Å². The van der Waals surface area contributed by atoms with E-state index in [1.807, 2.05) is 6.92 Å². The van der Waals surface area contributed by atoms with Gasteiger partial charge in [0, 0.05) is 17.1 Å². The molecule has 0 N–H and O–H groups in total. The van der Waals surface area contributed by atoms with Crippen LogP contribution in [0.4, 0.5) is 4.39 Å². The number of rotatable bonds is 2. The van der Waals surface area contributed by atoms with Crippen LogP contribution in [0.25, 0.3) is 22.0 Å². The van der Waals surface area contributed by atoms with Gasteiger partial charge < -0.3 is 4.74 Å². The van der Waals surface area contributed by atoms with E-state index in [0.717, 1.165) is 5.56 Å². The summed E-state index contributed by atoms with van der Waals surface area (Å²) in [4.78, 5) is 16.2. The van der Waals surface area contributed by atoms with Gasteiger partial charge in [-0.05, 0) is 48.4 Å². The molecule has 0 fully saturated rings. The average Bonchev–Trinajstić information content (AvgIpc) is 2.54. The summed E-state index contributed by atoms with van der Waals surface area (Å²) in [6.07, 6.45) is 1.60. The molecule has 23 heavy (non-hydrogen) atoms. The highest BCUT2D eigenvalue weighted by Crippen LogP contribution is 2.36. The van der Waals surface area contributed by atoms with E-state index in [-0.39, 0.29) is 0 Å².